The molecule has 1 fully saturated rings. The molecule has 0 radical (unpaired) electrons. The molecule has 5 heteroatoms. The summed E-state index contributed by atoms with van der Waals surface area (Å²) in [6, 6.07) is 17.4. The second-order valence-corrected chi connectivity index (χ2v) is 7.37. The molecule has 1 aliphatic rings. The number of hydrogen-bond acceptors (Lipinski definition) is 4. The number of carbonyl (C=O) groups is 1. The van der Waals surface area contributed by atoms with Crippen molar-refractivity contribution in [2.24, 2.45) is 5.41 Å². The van der Waals surface area contributed by atoms with Crippen molar-refractivity contribution in [3.05, 3.63) is 60.2 Å². The van der Waals surface area contributed by atoms with Crippen LogP contribution in [0.4, 0.5) is 0 Å². The van der Waals surface area contributed by atoms with Crippen molar-refractivity contribution < 1.29 is 14.3 Å². The number of nitrogens with one attached hydrogen (secondary N) is 2. The van der Waals surface area contributed by atoms with E-state index < -0.39 is 0 Å². The van der Waals surface area contributed by atoms with Gasteiger partial charge in [0.2, 0.25) is 0 Å². The minimum atomic E-state index is -0.0841. The highest BCUT2D eigenvalue weighted by molar-refractivity contribution is 5.77. The molecule has 1 amide bonds. The van der Waals surface area contributed by atoms with Gasteiger partial charge >= 0.3 is 0 Å². The van der Waals surface area contributed by atoms with E-state index in [4.69, 9.17) is 9.47 Å². The summed E-state index contributed by atoms with van der Waals surface area (Å²) >= 11 is 0. The van der Waals surface area contributed by atoms with E-state index in [1.807, 2.05) is 54.6 Å². The Hall–Kier alpha value is -2.53. The first-order valence-electron chi connectivity index (χ1n) is 9.50. The molecule has 0 aliphatic carbocycles. The molecule has 0 unspecified atom stereocenters. The fourth-order valence-corrected chi connectivity index (χ4v) is 3.09. The zero-order valence-electron chi connectivity index (χ0n) is 15.9. The van der Waals surface area contributed by atoms with Crippen molar-refractivity contribution in [3.8, 4) is 11.5 Å². The summed E-state index contributed by atoms with van der Waals surface area (Å²) in [6.07, 6.45) is 2.16. The van der Waals surface area contributed by atoms with E-state index in [0.29, 0.717) is 18.9 Å². The van der Waals surface area contributed by atoms with Crippen LogP contribution >= 0.6 is 0 Å². The monoisotopic (exact) mass is 368 g/mol. The predicted octanol–water partition coefficient (Wildman–Crippen LogP) is 3.15. The van der Waals surface area contributed by atoms with Gasteiger partial charge in [-0.3, -0.25) is 4.79 Å². The Balaban J connectivity index is 1.38. The van der Waals surface area contributed by atoms with Gasteiger partial charge in [0.05, 0.1) is 0 Å². The summed E-state index contributed by atoms with van der Waals surface area (Å²) in [5.74, 6) is 1.35. The molecule has 0 aromatic heterocycles. The molecule has 144 valence electrons. The number of carbonyl (C=O) groups excluding carboxylic acids is 1. The van der Waals surface area contributed by atoms with Gasteiger partial charge in [0.25, 0.3) is 5.91 Å². The SMILES string of the molecule is CC1(CNC(=O)COc2ccc(OCc3ccccc3)cc2)CCNCC1. The lowest BCUT2D eigenvalue weighted by atomic mass is 9.81. The average Bonchev–Trinajstić information content (AvgIpc) is 2.71. The maximum Gasteiger partial charge on any atom is 0.257 e. The lowest BCUT2D eigenvalue weighted by molar-refractivity contribution is -0.123. The third kappa shape index (κ3) is 6.29. The summed E-state index contributed by atoms with van der Waals surface area (Å²) in [6.45, 7) is 5.51. The second kappa shape index (κ2) is 9.42. The average molecular weight is 368 g/mol. The fraction of sp³-hybridized carbons (Fsp3) is 0.409. The van der Waals surface area contributed by atoms with Crippen LogP contribution in [0.25, 0.3) is 0 Å². The first-order chi connectivity index (χ1) is 13.1. The van der Waals surface area contributed by atoms with Gasteiger partial charge in [0.15, 0.2) is 6.61 Å². The third-order valence-electron chi connectivity index (χ3n) is 4.96. The van der Waals surface area contributed by atoms with Crippen LogP contribution in [0.3, 0.4) is 0 Å². The lowest BCUT2D eigenvalue weighted by Crippen LogP contribution is -2.43. The molecule has 3 rings (SSSR count). The zero-order chi connectivity index (χ0) is 19.0. The molecule has 0 spiro atoms. The normalized spacial score (nSPS) is 15.7. The van der Waals surface area contributed by atoms with Gasteiger partial charge in [-0.1, -0.05) is 37.3 Å². The van der Waals surface area contributed by atoms with Crippen LogP contribution in [0.2, 0.25) is 0 Å². The number of hydrogen-bond donors (Lipinski definition) is 2. The summed E-state index contributed by atoms with van der Waals surface area (Å²) in [5.41, 5.74) is 1.30. The fourth-order valence-electron chi connectivity index (χ4n) is 3.09. The molecule has 5 nitrogen and oxygen atoms in total. The van der Waals surface area contributed by atoms with Crippen molar-refractivity contribution in [2.45, 2.75) is 26.4 Å². The summed E-state index contributed by atoms with van der Waals surface area (Å²) in [5, 5.41) is 6.35. The van der Waals surface area contributed by atoms with Gasteiger partial charge in [-0.25, -0.2) is 0 Å². The molecule has 0 saturated carbocycles. The largest absolute Gasteiger partial charge is 0.489 e. The van der Waals surface area contributed by atoms with Crippen LogP contribution in [0.1, 0.15) is 25.3 Å². The molecule has 1 aliphatic heterocycles. The van der Waals surface area contributed by atoms with E-state index in [1.165, 1.54) is 0 Å². The van der Waals surface area contributed by atoms with Crippen molar-refractivity contribution in [1.29, 1.82) is 0 Å². The van der Waals surface area contributed by atoms with E-state index >= 15 is 0 Å². The summed E-state index contributed by atoms with van der Waals surface area (Å²) in [7, 11) is 0. The van der Waals surface area contributed by atoms with E-state index in [-0.39, 0.29) is 17.9 Å². The molecule has 0 atom stereocenters. The van der Waals surface area contributed by atoms with Gasteiger partial charge in [-0.05, 0) is 61.2 Å². The second-order valence-electron chi connectivity index (χ2n) is 7.37. The maximum absolute atomic E-state index is 12.1. The predicted molar refractivity (Wildman–Crippen MR) is 106 cm³/mol. The van der Waals surface area contributed by atoms with Crippen LogP contribution < -0.4 is 20.1 Å². The van der Waals surface area contributed by atoms with Crippen LogP contribution in [-0.2, 0) is 11.4 Å². The number of piperidine rings is 1. The molecular weight excluding hydrogens is 340 g/mol. The van der Waals surface area contributed by atoms with Gasteiger partial charge in [0.1, 0.15) is 18.1 Å². The lowest BCUT2D eigenvalue weighted by Gasteiger charge is -2.34. The molecule has 1 heterocycles. The van der Waals surface area contributed by atoms with E-state index in [1.54, 1.807) is 0 Å². The molecular formula is C22H28N2O3. The molecule has 1 saturated heterocycles. The molecule has 2 aromatic rings. The van der Waals surface area contributed by atoms with Crippen LogP contribution in [-0.4, -0.2) is 32.1 Å². The van der Waals surface area contributed by atoms with Crippen molar-refractivity contribution in [2.75, 3.05) is 26.2 Å². The summed E-state index contributed by atoms with van der Waals surface area (Å²) in [4.78, 5) is 12.1. The van der Waals surface area contributed by atoms with E-state index in [0.717, 1.165) is 37.2 Å². The Labute approximate surface area is 161 Å². The zero-order valence-corrected chi connectivity index (χ0v) is 15.9. The number of amides is 1. The number of rotatable bonds is 8. The van der Waals surface area contributed by atoms with Gasteiger partial charge < -0.3 is 20.1 Å². The maximum atomic E-state index is 12.1. The highest BCUT2D eigenvalue weighted by Gasteiger charge is 2.26. The molecule has 2 aromatic carbocycles. The Bertz CT molecular complexity index is 710. The molecule has 0 bridgehead atoms. The van der Waals surface area contributed by atoms with Crippen molar-refractivity contribution >= 4 is 5.91 Å². The quantitative estimate of drug-likeness (QED) is 0.751. The topological polar surface area (TPSA) is 59.6 Å². The first kappa shape index (κ1) is 19.2. The van der Waals surface area contributed by atoms with Crippen LogP contribution in [0, 0.1) is 5.41 Å². The number of benzene rings is 2. The van der Waals surface area contributed by atoms with Crippen molar-refractivity contribution in [3.63, 3.8) is 0 Å². The third-order valence-corrected chi connectivity index (χ3v) is 4.96. The highest BCUT2D eigenvalue weighted by Crippen LogP contribution is 2.26. The van der Waals surface area contributed by atoms with Gasteiger partial charge in [-0.2, -0.15) is 0 Å². The minimum Gasteiger partial charge on any atom is -0.489 e. The Kier molecular flexibility index (Phi) is 6.71. The first-order valence-corrected chi connectivity index (χ1v) is 9.50. The Morgan fingerprint density at radius 2 is 1.63 bits per heavy atom. The minimum absolute atomic E-state index is 0.0263. The standard InChI is InChI=1S/C22H28N2O3/c1-22(11-13-23-14-12-22)17-24-21(25)16-27-20-9-7-19(8-10-20)26-15-18-5-3-2-4-6-18/h2-10,23H,11-17H2,1H3,(H,24,25). The molecule has 2 N–H and O–H groups in total. The van der Waals surface area contributed by atoms with E-state index in [2.05, 4.69) is 17.6 Å². The Morgan fingerprint density at radius 3 is 2.30 bits per heavy atom. The van der Waals surface area contributed by atoms with Crippen LogP contribution in [0.5, 0.6) is 11.5 Å². The summed E-state index contributed by atoms with van der Waals surface area (Å²) < 4.78 is 11.3. The van der Waals surface area contributed by atoms with Crippen molar-refractivity contribution in [1.82, 2.24) is 10.6 Å². The number of ether oxygens (including phenoxy) is 2. The highest BCUT2D eigenvalue weighted by atomic mass is 16.5. The van der Waals surface area contributed by atoms with Crippen LogP contribution in [0.15, 0.2) is 54.6 Å². The van der Waals surface area contributed by atoms with Gasteiger partial charge in [0, 0.05) is 6.54 Å². The smallest absolute Gasteiger partial charge is 0.257 e. The van der Waals surface area contributed by atoms with Gasteiger partial charge in [-0.15, -0.1) is 0 Å². The Morgan fingerprint density at radius 1 is 1.00 bits per heavy atom. The molecule has 27 heavy (non-hydrogen) atoms. The van der Waals surface area contributed by atoms with E-state index in [9.17, 15) is 4.79 Å².